The van der Waals surface area contributed by atoms with Gasteiger partial charge in [0.05, 0.1) is 0 Å². The molecule has 0 aromatic rings. The normalized spacial score (nSPS) is 11.8. The molecule has 0 saturated carbocycles. The van der Waals surface area contributed by atoms with Gasteiger partial charge < -0.3 is 14.2 Å². The monoisotopic (exact) mass is 751 g/mol. The minimum Gasteiger partial charge on any atom is -0.462 e. The third-order valence-electron chi connectivity index (χ3n) is 10.6. The molecule has 6 heteroatoms. The molecule has 314 valence electrons. The van der Waals surface area contributed by atoms with Gasteiger partial charge in [-0.1, -0.05) is 226 Å². The lowest BCUT2D eigenvalue weighted by molar-refractivity contribution is -0.167. The second-order valence-corrected chi connectivity index (χ2v) is 16.0. The van der Waals surface area contributed by atoms with Gasteiger partial charge in [-0.15, -0.1) is 0 Å². The topological polar surface area (TPSA) is 78.9 Å². The minimum atomic E-state index is -0.757. The van der Waals surface area contributed by atoms with Gasteiger partial charge >= 0.3 is 17.9 Å². The number of rotatable bonds is 43. The van der Waals surface area contributed by atoms with Crippen molar-refractivity contribution < 1.29 is 28.6 Å². The Morgan fingerprint density at radius 2 is 0.509 bits per heavy atom. The number of carbonyl (C=O) groups is 3. The first-order valence-corrected chi connectivity index (χ1v) is 23.5. The van der Waals surface area contributed by atoms with Gasteiger partial charge in [-0.2, -0.15) is 0 Å². The summed E-state index contributed by atoms with van der Waals surface area (Å²) in [5, 5.41) is 0. The van der Waals surface area contributed by atoms with Gasteiger partial charge in [-0.05, 0) is 19.3 Å². The van der Waals surface area contributed by atoms with Crippen LogP contribution in [-0.4, -0.2) is 37.2 Å². The van der Waals surface area contributed by atoms with E-state index in [0.29, 0.717) is 19.3 Å². The minimum absolute atomic E-state index is 0.0626. The summed E-state index contributed by atoms with van der Waals surface area (Å²) in [6.07, 6.45) is 43.7. The van der Waals surface area contributed by atoms with Gasteiger partial charge in [-0.25, -0.2) is 0 Å². The van der Waals surface area contributed by atoms with E-state index >= 15 is 0 Å². The molecule has 0 aliphatic heterocycles. The SMILES string of the molecule is CCCCCCCCCCCCCCCC(=O)OCC(COC(=O)CCCCCCCCCCC)OC(=O)CCCCCCCCCCCCCCC. The van der Waals surface area contributed by atoms with Crippen molar-refractivity contribution in [2.45, 2.75) is 271 Å². The summed E-state index contributed by atoms with van der Waals surface area (Å²) in [4.78, 5) is 37.7. The van der Waals surface area contributed by atoms with Crippen LogP contribution in [0.25, 0.3) is 0 Å². The molecule has 6 nitrogen and oxygen atoms in total. The van der Waals surface area contributed by atoms with E-state index in [1.807, 2.05) is 0 Å². The number of hydrogen-bond donors (Lipinski definition) is 0. The van der Waals surface area contributed by atoms with Gasteiger partial charge in [-0.3, -0.25) is 14.4 Å². The summed E-state index contributed by atoms with van der Waals surface area (Å²) in [5.74, 6) is -0.851. The fourth-order valence-corrected chi connectivity index (χ4v) is 7.03. The number of ether oxygens (including phenoxy) is 3. The maximum Gasteiger partial charge on any atom is 0.306 e. The van der Waals surface area contributed by atoms with E-state index in [0.717, 1.165) is 57.8 Å². The number of unbranched alkanes of at least 4 members (excludes halogenated alkanes) is 32. The Balaban J connectivity index is 4.30. The quantitative estimate of drug-likeness (QED) is 0.0351. The van der Waals surface area contributed by atoms with E-state index in [1.54, 1.807) is 0 Å². The summed E-state index contributed by atoms with van der Waals surface area (Å²) in [5.41, 5.74) is 0. The molecule has 1 atom stereocenters. The molecule has 0 spiro atoms. The molecule has 0 radical (unpaired) electrons. The van der Waals surface area contributed by atoms with E-state index in [4.69, 9.17) is 14.2 Å². The summed E-state index contributed by atoms with van der Waals surface area (Å²) < 4.78 is 16.7. The highest BCUT2D eigenvalue weighted by atomic mass is 16.6. The summed E-state index contributed by atoms with van der Waals surface area (Å²) in [7, 11) is 0. The lowest BCUT2D eigenvalue weighted by atomic mass is 10.0. The molecule has 0 amide bonds. The van der Waals surface area contributed by atoms with Crippen molar-refractivity contribution in [1.29, 1.82) is 0 Å². The Hall–Kier alpha value is -1.59. The van der Waals surface area contributed by atoms with Crippen molar-refractivity contribution in [2.24, 2.45) is 0 Å². The van der Waals surface area contributed by atoms with Crippen LogP contribution in [0.2, 0.25) is 0 Å². The van der Waals surface area contributed by atoms with Crippen LogP contribution in [-0.2, 0) is 28.6 Å². The van der Waals surface area contributed by atoms with Gasteiger partial charge in [0.15, 0.2) is 6.10 Å². The molecule has 0 aromatic carbocycles. The first-order valence-electron chi connectivity index (χ1n) is 23.5. The first-order chi connectivity index (χ1) is 26.0. The standard InChI is InChI=1S/C47H90O6/c1-4-7-10-13-16-19-21-23-25-28-31-34-37-40-46(49)52-43-44(42-51-45(48)39-36-33-30-27-18-15-12-9-6-3)53-47(50)41-38-35-32-29-26-24-22-20-17-14-11-8-5-2/h44H,4-43H2,1-3H3. The molecule has 0 aliphatic carbocycles. The van der Waals surface area contributed by atoms with E-state index in [1.165, 1.54) is 167 Å². The van der Waals surface area contributed by atoms with Crippen molar-refractivity contribution in [3.05, 3.63) is 0 Å². The van der Waals surface area contributed by atoms with Gasteiger partial charge in [0.2, 0.25) is 0 Å². The summed E-state index contributed by atoms with van der Waals surface area (Å²) >= 11 is 0. The van der Waals surface area contributed by atoms with Crippen LogP contribution in [0.3, 0.4) is 0 Å². The third kappa shape index (κ3) is 41.4. The smallest absolute Gasteiger partial charge is 0.306 e. The molecule has 1 unspecified atom stereocenters. The Kier molecular flexibility index (Phi) is 41.8. The number of esters is 3. The predicted molar refractivity (Wildman–Crippen MR) is 224 cm³/mol. The zero-order chi connectivity index (χ0) is 38.7. The van der Waals surface area contributed by atoms with E-state index in [9.17, 15) is 14.4 Å². The molecule has 0 heterocycles. The largest absolute Gasteiger partial charge is 0.462 e. The molecular formula is C47H90O6. The predicted octanol–water partition coefficient (Wildman–Crippen LogP) is 14.9. The van der Waals surface area contributed by atoms with Crippen LogP contribution >= 0.6 is 0 Å². The van der Waals surface area contributed by atoms with Gasteiger partial charge in [0.1, 0.15) is 13.2 Å². The fraction of sp³-hybridized carbons (Fsp3) is 0.936. The Labute approximate surface area is 329 Å². The van der Waals surface area contributed by atoms with Crippen LogP contribution < -0.4 is 0 Å². The van der Waals surface area contributed by atoms with E-state index in [-0.39, 0.29) is 31.1 Å². The van der Waals surface area contributed by atoms with Gasteiger partial charge in [0, 0.05) is 19.3 Å². The Bertz CT molecular complexity index is 783. The van der Waals surface area contributed by atoms with Crippen molar-refractivity contribution in [3.63, 3.8) is 0 Å². The Morgan fingerprint density at radius 1 is 0.302 bits per heavy atom. The molecular weight excluding hydrogens is 661 g/mol. The zero-order valence-corrected chi connectivity index (χ0v) is 35.8. The van der Waals surface area contributed by atoms with Gasteiger partial charge in [0.25, 0.3) is 0 Å². The van der Waals surface area contributed by atoms with Crippen LogP contribution in [0.15, 0.2) is 0 Å². The number of carbonyl (C=O) groups excluding carboxylic acids is 3. The van der Waals surface area contributed by atoms with E-state index < -0.39 is 6.10 Å². The second-order valence-electron chi connectivity index (χ2n) is 16.0. The molecule has 0 rings (SSSR count). The highest BCUT2D eigenvalue weighted by Gasteiger charge is 2.19. The maximum absolute atomic E-state index is 12.7. The lowest BCUT2D eigenvalue weighted by Gasteiger charge is -2.18. The van der Waals surface area contributed by atoms with Crippen LogP contribution in [0.4, 0.5) is 0 Å². The van der Waals surface area contributed by atoms with Crippen LogP contribution in [0.1, 0.15) is 265 Å². The summed E-state index contributed by atoms with van der Waals surface area (Å²) in [6, 6.07) is 0. The van der Waals surface area contributed by atoms with Crippen molar-refractivity contribution in [2.75, 3.05) is 13.2 Å². The molecule has 0 fully saturated rings. The second kappa shape index (κ2) is 43.1. The van der Waals surface area contributed by atoms with Crippen molar-refractivity contribution >= 4 is 17.9 Å². The van der Waals surface area contributed by atoms with Crippen LogP contribution in [0, 0.1) is 0 Å². The first kappa shape index (κ1) is 51.4. The average molecular weight is 751 g/mol. The molecule has 0 saturated heterocycles. The highest BCUT2D eigenvalue weighted by molar-refractivity contribution is 5.71. The van der Waals surface area contributed by atoms with E-state index in [2.05, 4.69) is 20.8 Å². The highest BCUT2D eigenvalue weighted by Crippen LogP contribution is 2.16. The summed E-state index contributed by atoms with van der Waals surface area (Å²) in [6.45, 7) is 6.64. The van der Waals surface area contributed by atoms with Crippen molar-refractivity contribution in [3.8, 4) is 0 Å². The maximum atomic E-state index is 12.7. The van der Waals surface area contributed by atoms with Crippen LogP contribution in [0.5, 0.6) is 0 Å². The molecule has 0 aromatic heterocycles. The molecule has 0 N–H and O–H groups in total. The molecule has 0 bridgehead atoms. The molecule has 53 heavy (non-hydrogen) atoms. The lowest BCUT2D eigenvalue weighted by Crippen LogP contribution is -2.30. The fourth-order valence-electron chi connectivity index (χ4n) is 7.03. The number of hydrogen-bond acceptors (Lipinski definition) is 6. The molecule has 0 aliphatic rings. The van der Waals surface area contributed by atoms with Crippen molar-refractivity contribution in [1.82, 2.24) is 0 Å². The zero-order valence-electron chi connectivity index (χ0n) is 35.8. The Morgan fingerprint density at radius 3 is 0.755 bits per heavy atom. The third-order valence-corrected chi connectivity index (χ3v) is 10.6. The average Bonchev–Trinajstić information content (AvgIpc) is 3.15.